The predicted octanol–water partition coefficient (Wildman–Crippen LogP) is 4.27. The Balaban J connectivity index is 1.75. The van der Waals surface area contributed by atoms with Crippen LogP contribution in [0.5, 0.6) is 0 Å². The zero-order valence-corrected chi connectivity index (χ0v) is 16.9. The van der Waals surface area contributed by atoms with E-state index in [1.54, 1.807) is 6.20 Å². The molecular formula is C21H20ClN3O2S. The standard InChI is InChI=1S/C21H20ClN3O2S/c1-13-14(5-4-6-15(13)22)17-8-9-18(27-17)20-19(16-7-2-3-10-23-16)24-21(28)25(20)11-12-26/h2-10,19-20,26H,11-12H2,1H3,(H,24,28)/t19-,20-/m1/s1. The lowest BCUT2D eigenvalue weighted by Crippen LogP contribution is -2.32. The maximum Gasteiger partial charge on any atom is 0.170 e. The van der Waals surface area contributed by atoms with Gasteiger partial charge in [-0.05, 0) is 55.0 Å². The lowest BCUT2D eigenvalue weighted by Gasteiger charge is -2.25. The highest BCUT2D eigenvalue weighted by molar-refractivity contribution is 7.80. The molecule has 0 saturated carbocycles. The normalized spacial score (nSPS) is 19.1. The third-order valence-corrected chi connectivity index (χ3v) is 5.75. The van der Waals surface area contributed by atoms with E-state index in [1.165, 1.54) is 0 Å². The molecule has 0 aliphatic carbocycles. The van der Waals surface area contributed by atoms with Crippen molar-refractivity contribution in [2.24, 2.45) is 0 Å². The van der Waals surface area contributed by atoms with Gasteiger partial charge in [-0.25, -0.2) is 0 Å². The van der Waals surface area contributed by atoms with Crippen LogP contribution in [0.1, 0.15) is 29.1 Å². The summed E-state index contributed by atoms with van der Waals surface area (Å²) in [6, 6.07) is 15.1. The van der Waals surface area contributed by atoms with Gasteiger partial charge in [0.25, 0.3) is 0 Å². The fraction of sp³-hybridized carbons (Fsp3) is 0.238. The van der Waals surface area contributed by atoms with Gasteiger partial charge in [-0.2, -0.15) is 0 Å². The molecule has 1 aliphatic rings. The van der Waals surface area contributed by atoms with Crippen molar-refractivity contribution in [3.05, 3.63) is 76.8 Å². The average molecular weight is 414 g/mol. The van der Waals surface area contributed by atoms with E-state index in [1.807, 2.05) is 60.4 Å². The number of thiocarbonyl (C=S) groups is 1. The largest absolute Gasteiger partial charge is 0.459 e. The van der Waals surface area contributed by atoms with Gasteiger partial charge in [0.15, 0.2) is 5.11 Å². The topological polar surface area (TPSA) is 61.5 Å². The molecule has 0 radical (unpaired) electrons. The summed E-state index contributed by atoms with van der Waals surface area (Å²) < 4.78 is 6.26. The van der Waals surface area contributed by atoms with Gasteiger partial charge in [0.05, 0.1) is 18.3 Å². The van der Waals surface area contributed by atoms with E-state index in [4.69, 9.17) is 28.2 Å². The first kappa shape index (κ1) is 18.9. The Morgan fingerprint density at radius 3 is 2.82 bits per heavy atom. The van der Waals surface area contributed by atoms with Gasteiger partial charge in [-0.15, -0.1) is 0 Å². The molecule has 5 nitrogen and oxygen atoms in total. The van der Waals surface area contributed by atoms with Crippen LogP contribution in [0.25, 0.3) is 11.3 Å². The number of aliphatic hydroxyl groups excluding tert-OH is 1. The minimum Gasteiger partial charge on any atom is -0.459 e. The molecule has 2 atom stereocenters. The van der Waals surface area contributed by atoms with Crippen LogP contribution in [0.2, 0.25) is 5.02 Å². The Bertz CT molecular complexity index is 992. The molecule has 3 aromatic rings. The molecule has 1 aromatic carbocycles. The predicted molar refractivity (Wildman–Crippen MR) is 113 cm³/mol. The Kier molecular flexibility index (Phi) is 5.35. The molecule has 0 unspecified atom stereocenters. The molecule has 3 heterocycles. The molecule has 28 heavy (non-hydrogen) atoms. The molecule has 0 amide bonds. The fourth-order valence-corrected chi connectivity index (χ4v) is 4.10. The maximum absolute atomic E-state index is 9.53. The fourth-order valence-electron chi connectivity index (χ4n) is 3.59. The average Bonchev–Trinajstić information content (AvgIpc) is 3.30. The van der Waals surface area contributed by atoms with Gasteiger partial charge in [0, 0.05) is 23.3 Å². The number of hydrogen-bond donors (Lipinski definition) is 2. The number of pyridine rings is 1. The Labute approximate surface area is 174 Å². The van der Waals surface area contributed by atoms with Crippen molar-refractivity contribution in [2.75, 3.05) is 13.2 Å². The first-order valence-electron chi connectivity index (χ1n) is 9.04. The van der Waals surface area contributed by atoms with Crippen molar-refractivity contribution in [3.63, 3.8) is 0 Å². The molecule has 2 N–H and O–H groups in total. The number of nitrogens with zero attached hydrogens (tertiary/aromatic N) is 2. The van der Waals surface area contributed by atoms with Gasteiger partial charge in [-0.3, -0.25) is 4.98 Å². The number of nitrogens with one attached hydrogen (secondary N) is 1. The summed E-state index contributed by atoms with van der Waals surface area (Å²) in [7, 11) is 0. The van der Waals surface area contributed by atoms with Gasteiger partial charge in [0.1, 0.15) is 17.6 Å². The summed E-state index contributed by atoms with van der Waals surface area (Å²) in [6.45, 7) is 2.38. The van der Waals surface area contributed by atoms with Crippen molar-refractivity contribution in [2.45, 2.75) is 19.0 Å². The summed E-state index contributed by atoms with van der Waals surface area (Å²) in [5.41, 5.74) is 2.79. The second-order valence-electron chi connectivity index (χ2n) is 6.66. The van der Waals surface area contributed by atoms with Gasteiger partial charge in [0.2, 0.25) is 0 Å². The van der Waals surface area contributed by atoms with Gasteiger partial charge >= 0.3 is 0 Å². The third-order valence-electron chi connectivity index (χ3n) is 4.99. The van der Waals surface area contributed by atoms with Crippen LogP contribution in [0.15, 0.2) is 59.1 Å². The molecule has 0 bridgehead atoms. The van der Waals surface area contributed by atoms with Crippen LogP contribution in [0.4, 0.5) is 0 Å². The molecule has 7 heteroatoms. The highest BCUT2D eigenvalue weighted by atomic mass is 35.5. The number of aliphatic hydroxyl groups is 1. The third kappa shape index (κ3) is 3.39. The first-order valence-corrected chi connectivity index (χ1v) is 9.83. The second-order valence-corrected chi connectivity index (χ2v) is 7.45. The van der Waals surface area contributed by atoms with Crippen LogP contribution in [-0.2, 0) is 0 Å². The van der Waals surface area contributed by atoms with Crippen LogP contribution in [-0.4, -0.2) is 33.3 Å². The van der Waals surface area contributed by atoms with E-state index in [2.05, 4.69) is 10.3 Å². The zero-order valence-electron chi connectivity index (χ0n) is 15.3. The number of benzene rings is 1. The minimum atomic E-state index is -0.206. The van der Waals surface area contributed by atoms with E-state index in [9.17, 15) is 5.11 Å². The number of furan rings is 1. The van der Waals surface area contributed by atoms with E-state index in [0.29, 0.717) is 16.7 Å². The second kappa shape index (κ2) is 7.91. The highest BCUT2D eigenvalue weighted by Gasteiger charge is 2.41. The molecule has 2 aromatic heterocycles. The Morgan fingerprint density at radius 2 is 2.07 bits per heavy atom. The zero-order chi connectivity index (χ0) is 19.7. The van der Waals surface area contributed by atoms with Crippen molar-refractivity contribution < 1.29 is 9.52 Å². The van der Waals surface area contributed by atoms with Crippen molar-refractivity contribution in [3.8, 4) is 11.3 Å². The molecule has 4 rings (SSSR count). The highest BCUT2D eigenvalue weighted by Crippen LogP contribution is 2.40. The van der Waals surface area contributed by atoms with Crippen LogP contribution < -0.4 is 5.32 Å². The summed E-state index contributed by atoms with van der Waals surface area (Å²) in [5, 5.41) is 14.1. The number of β-amino-alcohol motifs (C(OH)–C–C–N with tert-alkyl or cyclic N) is 1. The molecular weight excluding hydrogens is 394 g/mol. The minimum absolute atomic E-state index is 0.00573. The van der Waals surface area contributed by atoms with Crippen molar-refractivity contribution >= 4 is 28.9 Å². The van der Waals surface area contributed by atoms with Crippen LogP contribution in [0.3, 0.4) is 0 Å². The van der Waals surface area contributed by atoms with Gasteiger partial charge in [-0.1, -0.05) is 29.8 Å². The molecule has 1 fully saturated rings. The number of hydrogen-bond acceptors (Lipinski definition) is 4. The Hall–Kier alpha value is -2.41. The van der Waals surface area contributed by atoms with Crippen molar-refractivity contribution in [1.29, 1.82) is 0 Å². The van der Waals surface area contributed by atoms with Crippen molar-refractivity contribution in [1.82, 2.24) is 15.2 Å². The summed E-state index contributed by atoms with van der Waals surface area (Å²) in [6.07, 6.45) is 1.76. The maximum atomic E-state index is 9.53. The SMILES string of the molecule is Cc1c(Cl)cccc1-c1ccc([C@@H]2[C@@H](c3ccccn3)NC(=S)N2CCO)o1. The number of halogens is 1. The molecule has 1 aliphatic heterocycles. The van der Waals surface area contributed by atoms with Crippen LogP contribution >= 0.6 is 23.8 Å². The van der Waals surface area contributed by atoms with E-state index in [0.717, 1.165) is 28.3 Å². The monoisotopic (exact) mass is 413 g/mol. The molecule has 144 valence electrons. The smallest absolute Gasteiger partial charge is 0.170 e. The van der Waals surface area contributed by atoms with Gasteiger partial charge < -0.3 is 19.7 Å². The lowest BCUT2D eigenvalue weighted by molar-refractivity contribution is 0.209. The van der Waals surface area contributed by atoms with E-state index in [-0.39, 0.29) is 18.7 Å². The molecule has 1 saturated heterocycles. The first-order chi connectivity index (χ1) is 13.6. The van der Waals surface area contributed by atoms with E-state index >= 15 is 0 Å². The lowest BCUT2D eigenvalue weighted by atomic mass is 10.0. The van der Waals surface area contributed by atoms with E-state index < -0.39 is 0 Å². The summed E-state index contributed by atoms with van der Waals surface area (Å²) in [5.74, 6) is 1.50. The summed E-state index contributed by atoms with van der Waals surface area (Å²) >= 11 is 11.8. The number of rotatable bonds is 5. The quantitative estimate of drug-likeness (QED) is 0.609. The molecule has 0 spiro atoms. The Morgan fingerprint density at radius 1 is 1.21 bits per heavy atom. The number of aromatic nitrogens is 1. The van der Waals surface area contributed by atoms with Crippen LogP contribution in [0, 0.1) is 6.92 Å². The summed E-state index contributed by atoms with van der Waals surface area (Å²) in [4.78, 5) is 6.43.